The van der Waals surface area contributed by atoms with Crippen LogP contribution in [-0.2, 0) is 14.8 Å². The van der Waals surface area contributed by atoms with Crippen LogP contribution in [0.25, 0.3) is 0 Å². The van der Waals surface area contributed by atoms with Crippen molar-refractivity contribution in [1.29, 1.82) is 0 Å². The molecule has 0 radical (unpaired) electrons. The third-order valence-electron chi connectivity index (χ3n) is 5.85. The average Bonchev–Trinajstić information content (AvgIpc) is 2.78. The summed E-state index contributed by atoms with van der Waals surface area (Å²) >= 11 is 6.20. The minimum Gasteiger partial charge on any atom is -0.345 e. The number of hydrogen-bond acceptors (Lipinski definition) is 3. The lowest BCUT2D eigenvalue weighted by molar-refractivity contribution is -0.121. The molecule has 0 aromatic heterocycles. The summed E-state index contributed by atoms with van der Waals surface area (Å²) in [6.45, 7) is 6.06. The molecule has 1 N–H and O–H groups in total. The van der Waals surface area contributed by atoms with Gasteiger partial charge in [-0.1, -0.05) is 71.8 Å². The van der Waals surface area contributed by atoms with E-state index in [1.165, 1.54) is 10.6 Å². The van der Waals surface area contributed by atoms with Crippen molar-refractivity contribution < 1.29 is 13.2 Å². The lowest BCUT2D eigenvalue weighted by Crippen LogP contribution is -2.33. The number of carbonyl (C=O) groups excluding carboxylic acids is 1. The van der Waals surface area contributed by atoms with Crippen LogP contribution in [0.3, 0.4) is 0 Å². The maximum Gasteiger partial charge on any atom is 0.232 e. The second kappa shape index (κ2) is 11.1. The summed E-state index contributed by atoms with van der Waals surface area (Å²) in [6.07, 6.45) is 1.73. The molecule has 3 rings (SSSR count). The number of nitrogens with one attached hydrogen (secondary N) is 1. The first kappa shape index (κ1) is 25.8. The van der Waals surface area contributed by atoms with Gasteiger partial charge in [0.25, 0.3) is 0 Å². The molecule has 7 heteroatoms. The Morgan fingerprint density at radius 2 is 1.71 bits per heavy atom. The molecule has 180 valence electrons. The van der Waals surface area contributed by atoms with E-state index in [0.29, 0.717) is 22.7 Å². The third kappa shape index (κ3) is 6.39. The lowest BCUT2D eigenvalue weighted by atomic mass is 9.93. The van der Waals surface area contributed by atoms with Gasteiger partial charge in [0.05, 0.1) is 18.0 Å². The summed E-state index contributed by atoms with van der Waals surface area (Å²) in [5.74, 6) is -0.134. The van der Waals surface area contributed by atoms with E-state index >= 15 is 0 Å². The van der Waals surface area contributed by atoms with E-state index in [2.05, 4.69) is 17.4 Å². The van der Waals surface area contributed by atoms with Gasteiger partial charge in [-0.15, -0.1) is 0 Å². The van der Waals surface area contributed by atoms with Crippen molar-refractivity contribution in [2.45, 2.75) is 39.7 Å². The number of amides is 1. The van der Waals surface area contributed by atoms with Crippen LogP contribution >= 0.6 is 11.6 Å². The van der Waals surface area contributed by atoms with Crippen LogP contribution in [0.2, 0.25) is 5.02 Å². The highest BCUT2D eigenvalue weighted by Crippen LogP contribution is 2.29. The smallest absolute Gasteiger partial charge is 0.232 e. The zero-order valence-corrected chi connectivity index (χ0v) is 21.6. The van der Waals surface area contributed by atoms with Crippen LogP contribution in [0.1, 0.15) is 46.7 Å². The normalized spacial score (nSPS) is 12.3. The van der Waals surface area contributed by atoms with E-state index in [-0.39, 0.29) is 24.9 Å². The molecule has 3 aromatic carbocycles. The Labute approximate surface area is 207 Å². The summed E-state index contributed by atoms with van der Waals surface area (Å²) < 4.78 is 26.3. The van der Waals surface area contributed by atoms with Crippen molar-refractivity contribution in [3.8, 4) is 0 Å². The van der Waals surface area contributed by atoms with Crippen molar-refractivity contribution in [3.05, 3.63) is 99.6 Å². The molecule has 0 aliphatic carbocycles. The first-order valence-corrected chi connectivity index (χ1v) is 13.4. The molecule has 1 amide bonds. The molecule has 0 aliphatic heterocycles. The van der Waals surface area contributed by atoms with E-state index in [9.17, 15) is 13.2 Å². The highest BCUT2D eigenvalue weighted by molar-refractivity contribution is 7.92. The van der Waals surface area contributed by atoms with Gasteiger partial charge in [0.1, 0.15) is 0 Å². The van der Waals surface area contributed by atoms with Gasteiger partial charge < -0.3 is 5.32 Å². The van der Waals surface area contributed by atoms with Crippen LogP contribution in [0.5, 0.6) is 0 Å². The maximum atomic E-state index is 13.0. The van der Waals surface area contributed by atoms with Gasteiger partial charge in [0.2, 0.25) is 15.9 Å². The number of anilines is 1. The van der Waals surface area contributed by atoms with Crippen LogP contribution < -0.4 is 9.62 Å². The van der Waals surface area contributed by atoms with Gasteiger partial charge in [-0.05, 0) is 61.6 Å². The number of carbonyl (C=O) groups is 1. The molecule has 0 bridgehead atoms. The van der Waals surface area contributed by atoms with Gasteiger partial charge in [-0.3, -0.25) is 9.10 Å². The monoisotopic (exact) mass is 498 g/mol. The van der Waals surface area contributed by atoms with E-state index < -0.39 is 10.0 Å². The first-order valence-electron chi connectivity index (χ1n) is 11.2. The molecule has 0 spiro atoms. The minimum absolute atomic E-state index is 0.134. The van der Waals surface area contributed by atoms with Crippen molar-refractivity contribution in [3.63, 3.8) is 0 Å². The average molecular weight is 499 g/mol. The zero-order chi connectivity index (χ0) is 24.9. The highest BCUT2D eigenvalue weighted by atomic mass is 35.5. The van der Waals surface area contributed by atoms with Gasteiger partial charge >= 0.3 is 0 Å². The number of sulfonamides is 1. The quantitative estimate of drug-likeness (QED) is 0.410. The fourth-order valence-corrected chi connectivity index (χ4v) is 5.27. The number of halogens is 1. The van der Waals surface area contributed by atoms with Crippen LogP contribution in [0.15, 0.2) is 66.7 Å². The SMILES string of the molecule is Cc1ccc([C@@H](NC(=O)CCCN(c2cccc(Cl)c2C)S(C)(=O)=O)c2ccccc2)c(C)c1. The fraction of sp³-hybridized carbons (Fsp3) is 0.296. The Bertz CT molecular complexity index is 1260. The van der Waals surface area contributed by atoms with Gasteiger partial charge in [-0.25, -0.2) is 8.42 Å². The topological polar surface area (TPSA) is 66.5 Å². The Hall–Kier alpha value is -2.83. The molecule has 5 nitrogen and oxygen atoms in total. The maximum absolute atomic E-state index is 13.0. The van der Waals surface area contributed by atoms with E-state index in [1.54, 1.807) is 25.1 Å². The van der Waals surface area contributed by atoms with Gasteiger partial charge in [-0.2, -0.15) is 0 Å². The highest BCUT2D eigenvalue weighted by Gasteiger charge is 2.22. The van der Waals surface area contributed by atoms with Gasteiger partial charge in [0.15, 0.2) is 0 Å². The van der Waals surface area contributed by atoms with Crippen LogP contribution in [-0.4, -0.2) is 27.1 Å². The first-order chi connectivity index (χ1) is 16.1. The lowest BCUT2D eigenvalue weighted by Gasteiger charge is -2.25. The summed E-state index contributed by atoms with van der Waals surface area (Å²) in [5.41, 5.74) is 5.53. The summed E-state index contributed by atoms with van der Waals surface area (Å²) in [5, 5.41) is 3.66. The molecule has 3 aromatic rings. The van der Waals surface area contributed by atoms with Crippen molar-refractivity contribution in [2.24, 2.45) is 0 Å². The summed E-state index contributed by atoms with van der Waals surface area (Å²) in [6, 6.07) is 21.0. The molecule has 0 heterocycles. The van der Waals surface area contributed by atoms with E-state index in [0.717, 1.165) is 22.3 Å². The number of rotatable bonds is 9. The third-order valence-corrected chi connectivity index (χ3v) is 7.44. The Balaban J connectivity index is 1.75. The Kier molecular flexibility index (Phi) is 8.39. The molecular formula is C27H31ClN2O3S. The number of hydrogen-bond donors (Lipinski definition) is 1. The zero-order valence-electron chi connectivity index (χ0n) is 20.0. The number of nitrogens with zero attached hydrogens (tertiary/aromatic N) is 1. The predicted molar refractivity (Wildman–Crippen MR) is 140 cm³/mol. The van der Waals surface area contributed by atoms with Gasteiger partial charge in [0, 0.05) is 18.0 Å². The molecule has 0 unspecified atom stereocenters. The summed E-state index contributed by atoms with van der Waals surface area (Å²) in [4.78, 5) is 13.0. The van der Waals surface area contributed by atoms with E-state index in [4.69, 9.17) is 11.6 Å². The fourth-order valence-electron chi connectivity index (χ4n) is 4.08. The largest absolute Gasteiger partial charge is 0.345 e. The van der Waals surface area contributed by atoms with Crippen molar-refractivity contribution >= 4 is 33.2 Å². The van der Waals surface area contributed by atoms with E-state index in [1.807, 2.05) is 50.2 Å². The molecular weight excluding hydrogens is 468 g/mol. The molecule has 1 atom stereocenters. The Morgan fingerprint density at radius 3 is 2.35 bits per heavy atom. The van der Waals surface area contributed by atoms with Crippen molar-refractivity contribution in [1.82, 2.24) is 5.32 Å². The number of aryl methyl sites for hydroxylation is 2. The predicted octanol–water partition coefficient (Wildman–Crippen LogP) is 5.72. The molecule has 0 saturated carbocycles. The standard InChI is InChI=1S/C27H31ClN2O3S/c1-19-15-16-23(20(2)18-19)27(22-10-6-5-7-11-22)29-26(31)14-9-17-30(34(4,32)33)25-13-8-12-24(28)21(25)3/h5-8,10-13,15-16,18,27H,9,14,17H2,1-4H3,(H,29,31)/t27-/m0/s1. The summed E-state index contributed by atoms with van der Waals surface area (Å²) in [7, 11) is -3.53. The van der Waals surface area contributed by atoms with Crippen LogP contribution in [0, 0.1) is 20.8 Å². The second-order valence-corrected chi connectivity index (χ2v) is 10.9. The van der Waals surface area contributed by atoms with Crippen molar-refractivity contribution in [2.75, 3.05) is 17.1 Å². The molecule has 0 saturated heterocycles. The second-order valence-electron chi connectivity index (χ2n) is 8.59. The Morgan fingerprint density at radius 1 is 1.00 bits per heavy atom. The number of benzene rings is 3. The molecule has 0 fully saturated rings. The molecule has 34 heavy (non-hydrogen) atoms. The minimum atomic E-state index is -3.53. The van der Waals surface area contributed by atoms with Crippen LogP contribution in [0.4, 0.5) is 5.69 Å². The molecule has 0 aliphatic rings.